The van der Waals surface area contributed by atoms with E-state index in [1.165, 1.54) is 19.1 Å². The quantitative estimate of drug-likeness (QED) is 0.524. The van der Waals surface area contributed by atoms with E-state index < -0.39 is 74.6 Å². The van der Waals surface area contributed by atoms with E-state index in [9.17, 15) is 23.9 Å². The zero-order valence-electron chi connectivity index (χ0n) is 21.2. The van der Waals surface area contributed by atoms with Crippen LogP contribution >= 0.6 is 11.8 Å². The third-order valence-electron chi connectivity index (χ3n) is 9.87. The van der Waals surface area contributed by atoms with Crippen molar-refractivity contribution in [2.24, 2.45) is 22.7 Å². The lowest BCUT2D eigenvalue weighted by atomic mass is 9.42. The number of allylic oxidation sites excluding steroid dienone is 4. The first-order valence-electron chi connectivity index (χ1n) is 12.4. The molecule has 0 aliphatic heterocycles. The number of halogens is 3. The largest absolute Gasteiger partial charge is 0.449 e. The lowest BCUT2D eigenvalue weighted by molar-refractivity contribution is -0.239. The Kier molecular flexibility index (Phi) is 6.62. The summed E-state index contributed by atoms with van der Waals surface area (Å²) in [5, 5.41) is 14.1. The van der Waals surface area contributed by atoms with Crippen LogP contribution in [0.1, 0.15) is 53.4 Å². The van der Waals surface area contributed by atoms with Gasteiger partial charge >= 0.3 is 5.97 Å². The average molecular weight is 530 g/mol. The van der Waals surface area contributed by atoms with Crippen LogP contribution in [0.5, 0.6) is 0 Å². The lowest BCUT2D eigenvalue weighted by Crippen LogP contribution is -2.79. The Morgan fingerprint density at radius 3 is 2.56 bits per heavy atom. The first kappa shape index (κ1) is 27.4. The third-order valence-corrected chi connectivity index (χ3v) is 10.5. The fourth-order valence-corrected chi connectivity index (χ4v) is 9.01. The van der Waals surface area contributed by atoms with Gasteiger partial charge in [0.1, 0.15) is 12.2 Å². The molecular weight excluding hydrogens is 495 g/mol. The Hall–Kier alpha value is -1.65. The number of fused-ring (bicyclic) bond motifs is 5. The number of nitrogens with one attached hydrogen (secondary N) is 1. The van der Waals surface area contributed by atoms with Crippen LogP contribution in [0, 0.1) is 22.7 Å². The normalized spacial score (nSPS) is 47.5. The van der Waals surface area contributed by atoms with Crippen LogP contribution in [0.4, 0.5) is 13.2 Å². The van der Waals surface area contributed by atoms with E-state index in [4.69, 9.17) is 4.74 Å². The summed E-state index contributed by atoms with van der Waals surface area (Å²) in [5.41, 5.74) is -8.59. The number of carbonyl (C=O) groups is 3. The van der Waals surface area contributed by atoms with Gasteiger partial charge in [-0.25, -0.2) is 13.2 Å². The van der Waals surface area contributed by atoms with Gasteiger partial charge in [0.15, 0.2) is 17.1 Å². The molecule has 9 unspecified atom stereocenters. The highest BCUT2D eigenvalue weighted by molar-refractivity contribution is 8.13. The summed E-state index contributed by atoms with van der Waals surface area (Å²) >= 11 is 0.377. The summed E-state index contributed by atoms with van der Waals surface area (Å²) in [6, 6.07) is -1.05. The van der Waals surface area contributed by atoms with Crippen molar-refractivity contribution in [1.82, 2.24) is 5.32 Å². The number of carbonyl (C=O) groups excluding carboxylic acids is 3. The van der Waals surface area contributed by atoms with Crippen LogP contribution in [0.2, 0.25) is 0 Å². The molecule has 9 atom stereocenters. The van der Waals surface area contributed by atoms with Crippen LogP contribution < -0.4 is 5.32 Å². The smallest absolute Gasteiger partial charge is 0.306 e. The number of aliphatic hydroxyl groups is 1. The molecule has 0 aromatic rings. The van der Waals surface area contributed by atoms with Crippen molar-refractivity contribution in [3.63, 3.8) is 0 Å². The molecule has 10 heteroatoms. The summed E-state index contributed by atoms with van der Waals surface area (Å²) in [6.45, 7) is 6.40. The standard InChI is InChI=1S/C26H34F3NO5S/c1-6-20(33)35-26(21(34)36-13-27)14(2)11-24(30-5)18-10-17(28)16-9-15(31)7-8-22(16,3)25(18,29)19(32)12-23(24,26)4/h7-9,14,17-19,30,32H,6,10-13H2,1-5H3. The number of alkyl halides is 3. The van der Waals surface area contributed by atoms with Crippen molar-refractivity contribution in [2.45, 2.75) is 82.5 Å². The predicted octanol–water partition coefficient (Wildman–Crippen LogP) is 3.77. The summed E-state index contributed by atoms with van der Waals surface area (Å²) in [7, 11) is 1.59. The van der Waals surface area contributed by atoms with Gasteiger partial charge in [0.2, 0.25) is 5.12 Å². The van der Waals surface area contributed by atoms with E-state index in [2.05, 4.69) is 5.32 Å². The van der Waals surface area contributed by atoms with Crippen molar-refractivity contribution in [1.29, 1.82) is 0 Å². The second-order valence-electron chi connectivity index (χ2n) is 11.0. The maximum absolute atomic E-state index is 17.6. The molecule has 3 fully saturated rings. The van der Waals surface area contributed by atoms with Crippen molar-refractivity contribution in [3.8, 4) is 0 Å². The number of thioether (sulfide) groups is 1. The minimum Gasteiger partial charge on any atom is -0.449 e. The van der Waals surface area contributed by atoms with Crippen LogP contribution in [0.15, 0.2) is 23.8 Å². The van der Waals surface area contributed by atoms with Gasteiger partial charge in [0, 0.05) is 34.6 Å². The van der Waals surface area contributed by atoms with E-state index in [1.807, 2.05) is 0 Å². The molecule has 0 saturated heterocycles. The van der Waals surface area contributed by atoms with Crippen LogP contribution in [-0.2, 0) is 19.1 Å². The SMILES string of the molecule is CCC(=O)OC1(C(=O)SCF)C(C)CC2(NC)C3CC(F)C4=CC(=O)C=CC4(C)C3(F)C(O)CC21C. The second kappa shape index (κ2) is 8.70. The molecule has 4 aliphatic carbocycles. The molecule has 0 radical (unpaired) electrons. The van der Waals surface area contributed by atoms with Crippen LogP contribution in [0.25, 0.3) is 0 Å². The Balaban J connectivity index is 1.97. The molecule has 0 aromatic heterocycles. The number of ether oxygens (including phenoxy) is 1. The summed E-state index contributed by atoms with van der Waals surface area (Å²) in [5.74, 6) is -2.96. The van der Waals surface area contributed by atoms with Gasteiger partial charge in [-0.1, -0.05) is 26.8 Å². The molecule has 4 aliphatic rings. The van der Waals surface area contributed by atoms with E-state index >= 15 is 8.78 Å². The molecule has 0 amide bonds. The van der Waals surface area contributed by atoms with Gasteiger partial charge in [-0.3, -0.25) is 14.4 Å². The molecule has 4 rings (SSSR count). The summed E-state index contributed by atoms with van der Waals surface area (Å²) in [4.78, 5) is 38.3. The number of rotatable bonds is 5. The van der Waals surface area contributed by atoms with Crippen molar-refractivity contribution in [2.75, 3.05) is 13.1 Å². The Morgan fingerprint density at radius 2 is 1.97 bits per heavy atom. The van der Waals surface area contributed by atoms with Gasteiger partial charge in [-0.15, -0.1) is 0 Å². The highest BCUT2D eigenvalue weighted by Gasteiger charge is 2.83. The van der Waals surface area contributed by atoms with Gasteiger partial charge in [-0.05, 0) is 62.7 Å². The highest BCUT2D eigenvalue weighted by Crippen LogP contribution is 2.73. The number of ketones is 1. The maximum Gasteiger partial charge on any atom is 0.306 e. The molecule has 0 aromatic carbocycles. The zero-order valence-corrected chi connectivity index (χ0v) is 22.0. The molecule has 2 N–H and O–H groups in total. The Morgan fingerprint density at radius 1 is 1.31 bits per heavy atom. The topological polar surface area (TPSA) is 92.7 Å². The minimum atomic E-state index is -2.40. The molecule has 36 heavy (non-hydrogen) atoms. The lowest BCUT2D eigenvalue weighted by Gasteiger charge is -2.67. The van der Waals surface area contributed by atoms with E-state index in [-0.39, 0.29) is 31.3 Å². The van der Waals surface area contributed by atoms with E-state index in [1.54, 1.807) is 27.8 Å². The average Bonchev–Trinajstić information content (AvgIpc) is 3.01. The van der Waals surface area contributed by atoms with E-state index in [0.717, 1.165) is 6.08 Å². The highest BCUT2D eigenvalue weighted by atomic mass is 32.2. The Bertz CT molecular complexity index is 1050. The number of esters is 1. The van der Waals surface area contributed by atoms with Crippen molar-refractivity contribution < 1.29 is 37.4 Å². The zero-order chi connectivity index (χ0) is 26.9. The Labute approximate surface area is 213 Å². The summed E-state index contributed by atoms with van der Waals surface area (Å²) in [6.07, 6.45) is -0.281. The second-order valence-corrected chi connectivity index (χ2v) is 11.9. The monoisotopic (exact) mass is 529 g/mol. The van der Waals surface area contributed by atoms with Gasteiger partial charge in [0.25, 0.3) is 0 Å². The van der Waals surface area contributed by atoms with Gasteiger partial charge < -0.3 is 15.2 Å². The van der Waals surface area contributed by atoms with Crippen molar-refractivity contribution in [3.05, 3.63) is 23.8 Å². The first-order chi connectivity index (χ1) is 16.8. The first-order valence-corrected chi connectivity index (χ1v) is 13.3. The third kappa shape index (κ3) is 3.04. The van der Waals surface area contributed by atoms with Crippen LogP contribution in [-0.4, -0.2) is 64.1 Å². The van der Waals surface area contributed by atoms with Crippen LogP contribution in [0.3, 0.4) is 0 Å². The molecule has 0 bridgehead atoms. The fourth-order valence-electron chi connectivity index (χ4n) is 8.23. The number of aliphatic hydroxyl groups excluding tert-OH is 1. The number of hydrogen-bond acceptors (Lipinski definition) is 7. The number of hydrogen-bond donors (Lipinski definition) is 2. The maximum atomic E-state index is 17.6. The minimum absolute atomic E-state index is 0.0126. The molecule has 6 nitrogen and oxygen atoms in total. The van der Waals surface area contributed by atoms with E-state index in [0.29, 0.717) is 11.8 Å². The molecule has 0 spiro atoms. The molecule has 3 saturated carbocycles. The molecule has 200 valence electrons. The fraction of sp³-hybridized carbons (Fsp3) is 0.731. The summed E-state index contributed by atoms with van der Waals surface area (Å²) < 4.78 is 52.7. The predicted molar refractivity (Wildman–Crippen MR) is 129 cm³/mol. The molecular formula is C26H34F3NO5S. The molecule has 0 heterocycles. The van der Waals surface area contributed by atoms with Gasteiger partial charge in [0.05, 0.1) is 6.10 Å². The van der Waals surface area contributed by atoms with Crippen molar-refractivity contribution >= 4 is 28.6 Å². The van der Waals surface area contributed by atoms with Gasteiger partial charge in [-0.2, -0.15) is 0 Å².